The first kappa shape index (κ1) is 19.2. The molecule has 0 aliphatic carbocycles. The Hall–Kier alpha value is -3.13. The highest BCUT2D eigenvalue weighted by Crippen LogP contribution is 2.31. The molecule has 8 heteroatoms. The number of ether oxygens (including phenoxy) is 1. The van der Waals surface area contributed by atoms with Crippen molar-refractivity contribution in [1.29, 1.82) is 0 Å². The lowest BCUT2D eigenvalue weighted by Crippen LogP contribution is -2.03. The lowest BCUT2D eigenvalue weighted by molar-refractivity contribution is 0.340. The molecule has 6 nitrogen and oxygen atoms in total. The largest absolute Gasteiger partial charge is 0.494 e. The molecular formula is C21H20FN5OS. The van der Waals surface area contributed by atoms with E-state index in [1.54, 1.807) is 29.0 Å². The molecule has 0 aliphatic rings. The Morgan fingerprint density at radius 2 is 1.86 bits per heavy atom. The number of thioether (sulfide) groups is 1. The topological polar surface area (TPSA) is 57.8 Å². The highest BCUT2D eigenvalue weighted by atomic mass is 32.2. The van der Waals surface area contributed by atoms with Gasteiger partial charge in [0.1, 0.15) is 17.4 Å². The molecular weight excluding hydrogens is 389 g/mol. The third-order valence-electron chi connectivity index (χ3n) is 4.40. The molecule has 148 valence electrons. The molecule has 0 aliphatic heterocycles. The summed E-state index contributed by atoms with van der Waals surface area (Å²) in [6.45, 7) is 2.53. The van der Waals surface area contributed by atoms with Gasteiger partial charge in [-0.05, 0) is 43.3 Å². The number of hydrogen-bond acceptors (Lipinski definition) is 5. The molecule has 0 saturated carbocycles. The number of halogens is 1. The van der Waals surface area contributed by atoms with E-state index in [4.69, 9.17) is 4.74 Å². The third kappa shape index (κ3) is 4.02. The molecule has 0 unspecified atom stereocenters. The fraction of sp³-hybridized carbons (Fsp3) is 0.190. The molecule has 0 amide bonds. The average molecular weight is 409 g/mol. The van der Waals surface area contributed by atoms with Crippen LogP contribution in [0.4, 0.5) is 4.39 Å². The molecule has 2 aromatic carbocycles. The lowest BCUT2D eigenvalue weighted by atomic mass is 10.2. The van der Waals surface area contributed by atoms with Crippen molar-refractivity contribution < 1.29 is 9.13 Å². The molecule has 0 radical (unpaired) electrons. The number of benzene rings is 2. The first-order valence-electron chi connectivity index (χ1n) is 9.20. The standard InChI is InChI=1S/C21H20FN5OS/c1-3-28-16-10-8-15(9-11-16)20-24-25-21(29-14-19-23-12-13-26(19)2)27(20)18-7-5-4-6-17(18)22/h4-13H,3,14H2,1-2H3. The van der Waals surface area contributed by atoms with Crippen molar-refractivity contribution in [2.24, 2.45) is 7.05 Å². The molecule has 0 bridgehead atoms. The quantitative estimate of drug-likeness (QED) is 0.421. The van der Waals surface area contributed by atoms with Crippen molar-refractivity contribution in [2.45, 2.75) is 17.8 Å². The number of aromatic nitrogens is 5. The molecule has 4 rings (SSSR count). The minimum Gasteiger partial charge on any atom is -0.494 e. The summed E-state index contributed by atoms with van der Waals surface area (Å²) in [5, 5.41) is 9.30. The van der Waals surface area contributed by atoms with E-state index in [2.05, 4.69) is 15.2 Å². The van der Waals surface area contributed by atoms with Crippen LogP contribution in [0.15, 0.2) is 66.1 Å². The van der Waals surface area contributed by atoms with Gasteiger partial charge in [-0.3, -0.25) is 4.57 Å². The Morgan fingerprint density at radius 1 is 1.07 bits per heavy atom. The van der Waals surface area contributed by atoms with Crippen molar-refractivity contribution in [3.63, 3.8) is 0 Å². The highest BCUT2D eigenvalue weighted by Gasteiger charge is 2.19. The molecule has 2 heterocycles. The van der Waals surface area contributed by atoms with E-state index in [1.807, 2.05) is 49.0 Å². The smallest absolute Gasteiger partial charge is 0.196 e. The van der Waals surface area contributed by atoms with Crippen LogP contribution in [0.3, 0.4) is 0 Å². The maximum atomic E-state index is 14.6. The number of para-hydroxylation sites is 1. The van der Waals surface area contributed by atoms with Gasteiger partial charge in [-0.15, -0.1) is 10.2 Å². The Balaban J connectivity index is 1.74. The predicted octanol–water partition coefficient (Wildman–Crippen LogP) is 4.50. The SMILES string of the molecule is CCOc1ccc(-c2nnc(SCc3nccn3C)n2-c2ccccc2F)cc1. The molecule has 0 spiro atoms. The number of imidazole rings is 1. The first-order chi connectivity index (χ1) is 14.2. The first-order valence-corrected chi connectivity index (χ1v) is 10.2. The second kappa shape index (κ2) is 8.48. The van der Waals surface area contributed by atoms with E-state index in [1.165, 1.54) is 17.8 Å². The number of hydrogen-bond donors (Lipinski definition) is 0. The summed E-state index contributed by atoms with van der Waals surface area (Å²) in [5.41, 5.74) is 1.23. The van der Waals surface area contributed by atoms with Crippen LogP contribution in [-0.2, 0) is 12.8 Å². The fourth-order valence-corrected chi connectivity index (χ4v) is 3.88. The second-order valence-electron chi connectivity index (χ2n) is 6.29. The zero-order valence-corrected chi connectivity index (χ0v) is 16.9. The summed E-state index contributed by atoms with van der Waals surface area (Å²) in [4.78, 5) is 4.34. The summed E-state index contributed by atoms with van der Waals surface area (Å²) >= 11 is 1.46. The van der Waals surface area contributed by atoms with Crippen LogP contribution in [0.25, 0.3) is 17.1 Å². The van der Waals surface area contributed by atoms with Gasteiger partial charge >= 0.3 is 0 Å². The molecule has 0 fully saturated rings. The van der Waals surface area contributed by atoms with Gasteiger partial charge in [-0.2, -0.15) is 0 Å². The Kier molecular flexibility index (Phi) is 5.62. The Morgan fingerprint density at radius 3 is 2.55 bits per heavy atom. The molecule has 0 N–H and O–H groups in total. The van der Waals surface area contributed by atoms with E-state index < -0.39 is 0 Å². The predicted molar refractivity (Wildman–Crippen MR) is 111 cm³/mol. The van der Waals surface area contributed by atoms with Gasteiger partial charge in [-0.1, -0.05) is 23.9 Å². The van der Waals surface area contributed by atoms with Gasteiger partial charge in [0.2, 0.25) is 0 Å². The van der Waals surface area contributed by atoms with Crippen LogP contribution in [0.5, 0.6) is 5.75 Å². The van der Waals surface area contributed by atoms with Crippen LogP contribution in [0.2, 0.25) is 0 Å². The van der Waals surface area contributed by atoms with Crippen molar-refractivity contribution in [3.8, 4) is 22.8 Å². The van der Waals surface area contributed by atoms with E-state index in [-0.39, 0.29) is 5.82 Å². The van der Waals surface area contributed by atoms with Crippen molar-refractivity contribution in [2.75, 3.05) is 6.61 Å². The zero-order chi connectivity index (χ0) is 20.2. The van der Waals surface area contributed by atoms with Gasteiger partial charge in [0.25, 0.3) is 0 Å². The van der Waals surface area contributed by atoms with E-state index in [9.17, 15) is 4.39 Å². The molecule has 2 aromatic heterocycles. The van der Waals surface area contributed by atoms with Gasteiger partial charge < -0.3 is 9.30 Å². The second-order valence-corrected chi connectivity index (χ2v) is 7.24. The highest BCUT2D eigenvalue weighted by molar-refractivity contribution is 7.98. The summed E-state index contributed by atoms with van der Waals surface area (Å²) in [7, 11) is 1.94. The fourth-order valence-electron chi connectivity index (χ4n) is 2.93. The number of nitrogens with zero attached hydrogens (tertiary/aromatic N) is 5. The number of aryl methyl sites for hydroxylation is 1. The van der Waals surface area contributed by atoms with Crippen LogP contribution >= 0.6 is 11.8 Å². The monoisotopic (exact) mass is 409 g/mol. The molecule has 29 heavy (non-hydrogen) atoms. The summed E-state index contributed by atoms with van der Waals surface area (Å²) in [6, 6.07) is 14.2. The van der Waals surface area contributed by atoms with Crippen molar-refractivity contribution in [1.82, 2.24) is 24.3 Å². The van der Waals surface area contributed by atoms with Gasteiger partial charge in [0.15, 0.2) is 11.0 Å². The summed E-state index contributed by atoms with van der Waals surface area (Å²) < 4.78 is 23.9. The van der Waals surface area contributed by atoms with Crippen LogP contribution in [-0.4, -0.2) is 30.9 Å². The van der Waals surface area contributed by atoms with Crippen molar-refractivity contribution >= 4 is 11.8 Å². The number of rotatable bonds is 7. The van der Waals surface area contributed by atoms with E-state index in [0.717, 1.165) is 17.1 Å². The van der Waals surface area contributed by atoms with Gasteiger partial charge in [0.05, 0.1) is 18.0 Å². The van der Waals surface area contributed by atoms with E-state index >= 15 is 0 Å². The van der Waals surface area contributed by atoms with Gasteiger partial charge in [0, 0.05) is 25.0 Å². The van der Waals surface area contributed by atoms with Crippen LogP contribution < -0.4 is 4.74 Å². The third-order valence-corrected chi connectivity index (χ3v) is 5.33. The van der Waals surface area contributed by atoms with Crippen LogP contribution in [0.1, 0.15) is 12.7 Å². The minimum atomic E-state index is -0.335. The maximum Gasteiger partial charge on any atom is 0.196 e. The van der Waals surface area contributed by atoms with Crippen molar-refractivity contribution in [3.05, 3.63) is 72.6 Å². The molecule has 4 aromatic rings. The summed E-state index contributed by atoms with van der Waals surface area (Å²) in [5.74, 6) is 2.51. The Labute approximate surface area is 172 Å². The molecule has 0 saturated heterocycles. The van der Waals surface area contributed by atoms with Crippen LogP contribution in [0, 0.1) is 5.82 Å². The normalized spacial score (nSPS) is 11.0. The Bertz CT molecular complexity index is 1110. The zero-order valence-electron chi connectivity index (χ0n) is 16.1. The van der Waals surface area contributed by atoms with Gasteiger partial charge in [-0.25, -0.2) is 9.37 Å². The summed E-state index contributed by atoms with van der Waals surface area (Å²) in [6.07, 6.45) is 3.64. The maximum absolute atomic E-state index is 14.6. The molecule has 0 atom stereocenters. The van der Waals surface area contributed by atoms with E-state index in [0.29, 0.717) is 29.0 Å². The minimum absolute atomic E-state index is 0.335. The lowest BCUT2D eigenvalue weighted by Gasteiger charge is -2.11. The average Bonchev–Trinajstić information content (AvgIpc) is 3.33.